The number of nitrogen functional groups attached to an aromatic ring is 1. The Labute approximate surface area is 278 Å². The SMILES string of the molecule is CC(C)CN(CC(O)C(Cc1ccccc1)NC(=O)C(NC(=O)CNCc1cccc(F)c1)C(C)(C)C)S(=O)(=O)c1cccc(N)c1. The van der Waals surface area contributed by atoms with Crippen LogP contribution >= 0.6 is 0 Å². The van der Waals surface area contributed by atoms with Crippen molar-refractivity contribution in [2.45, 2.75) is 70.7 Å². The van der Waals surface area contributed by atoms with Crippen LogP contribution in [0, 0.1) is 17.2 Å². The van der Waals surface area contributed by atoms with E-state index in [2.05, 4.69) is 16.0 Å². The van der Waals surface area contributed by atoms with Crippen molar-refractivity contribution in [3.05, 3.63) is 95.8 Å². The van der Waals surface area contributed by atoms with Crippen molar-refractivity contribution in [2.24, 2.45) is 11.3 Å². The molecule has 0 aliphatic heterocycles. The quantitative estimate of drug-likeness (QED) is 0.147. The number of nitrogens with two attached hydrogens (primary N) is 1. The first-order valence-corrected chi connectivity index (χ1v) is 17.1. The van der Waals surface area contributed by atoms with Crippen LogP contribution in [-0.4, -0.2) is 67.5 Å². The predicted octanol–water partition coefficient (Wildman–Crippen LogP) is 3.46. The number of benzene rings is 3. The molecule has 0 fully saturated rings. The summed E-state index contributed by atoms with van der Waals surface area (Å²) < 4.78 is 42.2. The van der Waals surface area contributed by atoms with Crippen LogP contribution in [0.25, 0.3) is 0 Å². The van der Waals surface area contributed by atoms with Gasteiger partial charge < -0.3 is 26.8 Å². The normalized spacial score (nSPS) is 14.1. The smallest absolute Gasteiger partial charge is 0.243 e. The second-order valence-electron chi connectivity index (χ2n) is 13.3. The lowest BCUT2D eigenvalue weighted by molar-refractivity contribution is -0.132. The zero-order chi connectivity index (χ0) is 34.8. The maximum absolute atomic E-state index is 13.8. The second kappa shape index (κ2) is 16.8. The summed E-state index contributed by atoms with van der Waals surface area (Å²) in [5.41, 5.74) is 6.95. The number of carbonyl (C=O) groups excluding carboxylic acids is 2. The molecule has 0 aromatic heterocycles. The highest BCUT2D eigenvalue weighted by Gasteiger charge is 2.36. The Kier molecular flexibility index (Phi) is 13.5. The van der Waals surface area contributed by atoms with Gasteiger partial charge in [-0.15, -0.1) is 0 Å². The molecule has 0 aliphatic rings. The van der Waals surface area contributed by atoms with Gasteiger partial charge in [0, 0.05) is 25.3 Å². The molecule has 6 N–H and O–H groups in total. The van der Waals surface area contributed by atoms with Crippen molar-refractivity contribution in [2.75, 3.05) is 25.4 Å². The first-order chi connectivity index (χ1) is 22.1. The van der Waals surface area contributed by atoms with Gasteiger partial charge in [-0.1, -0.05) is 83.1 Å². The molecule has 0 saturated carbocycles. The van der Waals surface area contributed by atoms with Gasteiger partial charge in [0.15, 0.2) is 0 Å². The number of sulfonamides is 1. The number of anilines is 1. The maximum atomic E-state index is 13.8. The molecular formula is C35H48FN5O5S. The number of hydrogen-bond acceptors (Lipinski definition) is 7. The number of halogens is 1. The first-order valence-electron chi connectivity index (χ1n) is 15.7. The van der Waals surface area contributed by atoms with Crippen molar-refractivity contribution in [1.82, 2.24) is 20.3 Å². The number of aliphatic hydroxyl groups is 1. The van der Waals surface area contributed by atoms with E-state index < -0.39 is 45.4 Å². The van der Waals surface area contributed by atoms with E-state index in [1.165, 1.54) is 28.6 Å². The van der Waals surface area contributed by atoms with Crippen LogP contribution in [0.1, 0.15) is 45.7 Å². The van der Waals surface area contributed by atoms with Gasteiger partial charge in [-0.25, -0.2) is 12.8 Å². The molecule has 3 aromatic carbocycles. The van der Waals surface area contributed by atoms with E-state index in [0.717, 1.165) is 5.56 Å². The zero-order valence-corrected chi connectivity index (χ0v) is 28.6. The highest BCUT2D eigenvalue weighted by Crippen LogP contribution is 2.23. The largest absolute Gasteiger partial charge is 0.399 e. The molecule has 47 heavy (non-hydrogen) atoms. The van der Waals surface area contributed by atoms with Gasteiger partial charge in [-0.05, 0) is 59.2 Å². The summed E-state index contributed by atoms with van der Waals surface area (Å²) in [5.74, 6) is -1.40. The van der Waals surface area contributed by atoms with Crippen LogP contribution in [-0.2, 0) is 32.6 Å². The molecule has 12 heteroatoms. The Morgan fingerprint density at radius 2 is 1.57 bits per heavy atom. The van der Waals surface area contributed by atoms with Crippen molar-refractivity contribution in [1.29, 1.82) is 0 Å². The molecule has 0 saturated heterocycles. The van der Waals surface area contributed by atoms with Crippen LogP contribution < -0.4 is 21.7 Å². The Bertz CT molecular complexity index is 1580. The average molecular weight is 670 g/mol. The molecule has 2 amide bonds. The highest BCUT2D eigenvalue weighted by atomic mass is 32.2. The number of aliphatic hydroxyl groups excluding tert-OH is 1. The van der Waals surface area contributed by atoms with Gasteiger partial charge >= 0.3 is 0 Å². The van der Waals surface area contributed by atoms with Crippen molar-refractivity contribution < 1.29 is 27.5 Å². The maximum Gasteiger partial charge on any atom is 0.243 e. The van der Waals surface area contributed by atoms with E-state index in [1.54, 1.807) is 24.3 Å². The number of hydrogen-bond donors (Lipinski definition) is 5. The minimum Gasteiger partial charge on any atom is -0.399 e. The standard InChI is InChI=1S/C35H48FN5O5S/c1-24(2)22-41(47(45,46)29-16-10-15-28(37)19-29)23-31(42)30(18-25-11-7-6-8-12-25)39-34(44)33(35(3,4)5)40-32(43)21-38-20-26-13-9-14-27(36)17-26/h6-17,19,24,30-31,33,38,42H,18,20-23,37H2,1-5H3,(H,39,44)(H,40,43). The summed E-state index contributed by atoms with van der Waals surface area (Å²) in [4.78, 5) is 26.8. The van der Waals surface area contributed by atoms with Crippen LogP contribution in [0.2, 0.25) is 0 Å². The number of amides is 2. The summed E-state index contributed by atoms with van der Waals surface area (Å²) >= 11 is 0. The molecule has 10 nitrogen and oxygen atoms in total. The summed E-state index contributed by atoms with van der Waals surface area (Å²) in [7, 11) is -4.04. The molecule has 0 radical (unpaired) electrons. The van der Waals surface area contributed by atoms with Crippen LogP contribution in [0.5, 0.6) is 0 Å². The molecular weight excluding hydrogens is 621 g/mol. The number of nitrogens with one attached hydrogen (secondary N) is 3. The Hall–Kier alpha value is -3.84. The number of rotatable bonds is 16. The third-order valence-corrected chi connectivity index (χ3v) is 9.31. The molecule has 3 unspecified atom stereocenters. The van der Waals surface area contributed by atoms with E-state index in [0.29, 0.717) is 11.3 Å². The summed E-state index contributed by atoms with van der Waals surface area (Å²) in [6.45, 7) is 9.16. The molecule has 3 atom stereocenters. The van der Waals surface area contributed by atoms with Gasteiger partial charge in [0.1, 0.15) is 11.9 Å². The van der Waals surface area contributed by atoms with Gasteiger partial charge in [0.2, 0.25) is 21.8 Å². The second-order valence-corrected chi connectivity index (χ2v) is 15.2. The molecule has 0 spiro atoms. The molecule has 0 heterocycles. The number of nitrogens with zero attached hydrogens (tertiary/aromatic N) is 1. The van der Waals surface area contributed by atoms with Crippen LogP contribution in [0.4, 0.5) is 10.1 Å². The van der Waals surface area contributed by atoms with Gasteiger partial charge in [-0.3, -0.25) is 9.59 Å². The van der Waals surface area contributed by atoms with Crippen molar-refractivity contribution >= 4 is 27.5 Å². The Balaban J connectivity index is 1.81. The molecule has 256 valence electrons. The van der Waals surface area contributed by atoms with E-state index >= 15 is 0 Å². The van der Waals surface area contributed by atoms with E-state index in [4.69, 9.17) is 5.73 Å². The lowest BCUT2D eigenvalue weighted by atomic mass is 9.85. The molecule has 3 rings (SSSR count). The monoisotopic (exact) mass is 669 g/mol. The third-order valence-electron chi connectivity index (χ3n) is 7.48. The lowest BCUT2D eigenvalue weighted by Crippen LogP contribution is -2.59. The summed E-state index contributed by atoms with van der Waals surface area (Å²) in [6.07, 6.45) is -1.10. The Morgan fingerprint density at radius 1 is 0.915 bits per heavy atom. The van der Waals surface area contributed by atoms with Gasteiger partial charge in [0.05, 0.1) is 23.6 Å². The van der Waals surface area contributed by atoms with Crippen molar-refractivity contribution in [3.63, 3.8) is 0 Å². The molecule has 0 aliphatic carbocycles. The van der Waals surface area contributed by atoms with Gasteiger partial charge in [-0.2, -0.15) is 4.31 Å². The topological polar surface area (TPSA) is 154 Å². The summed E-state index contributed by atoms with van der Waals surface area (Å²) in [6, 6.07) is 19.4. The van der Waals surface area contributed by atoms with E-state index in [-0.39, 0.29) is 49.2 Å². The minimum absolute atomic E-state index is 0.00973. The van der Waals surface area contributed by atoms with Crippen LogP contribution in [0.15, 0.2) is 83.8 Å². The zero-order valence-electron chi connectivity index (χ0n) is 27.7. The first kappa shape index (κ1) is 37.6. The molecule has 0 bridgehead atoms. The van der Waals surface area contributed by atoms with Crippen molar-refractivity contribution in [3.8, 4) is 0 Å². The van der Waals surface area contributed by atoms with Crippen LogP contribution in [0.3, 0.4) is 0 Å². The third kappa shape index (κ3) is 11.7. The predicted molar refractivity (Wildman–Crippen MR) is 182 cm³/mol. The fraction of sp³-hybridized carbons (Fsp3) is 0.429. The fourth-order valence-corrected chi connectivity index (χ4v) is 6.79. The fourth-order valence-electron chi connectivity index (χ4n) is 5.11. The average Bonchev–Trinajstić information content (AvgIpc) is 2.99. The van der Waals surface area contributed by atoms with E-state index in [1.807, 2.05) is 65.0 Å². The minimum atomic E-state index is -4.04. The summed E-state index contributed by atoms with van der Waals surface area (Å²) in [5, 5.41) is 20.3. The van der Waals surface area contributed by atoms with Gasteiger partial charge in [0.25, 0.3) is 0 Å². The number of carbonyl (C=O) groups is 2. The highest BCUT2D eigenvalue weighted by molar-refractivity contribution is 7.89. The lowest BCUT2D eigenvalue weighted by Gasteiger charge is -2.34. The van der Waals surface area contributed by atoms with E-state index in [9.17, 15) is 27.5 Å². The Morgan fingerprint density at radius 3 is 2.19 bits per heavy atom. The molecule has 3 aromatic rings.